The van der Waals surface area contributed by atoms with Gasteiger partial charge in [-0.3, -0.25) is 0 Å². The van der Waals surface area contributed by atoms with E-state index in [1.165, 1.54) is 0 Å². The highest BCUT2D eigenvalue weighted by Crippen LogP contribution is 2.37. The average molecular weight is 306 g/mol. The van der Waals surface area contributed by atoms with Crippen molar-refractivity contribution in [3.8, 4) is 6.07 Å². The number of aliphatic hydroxyl groups excluding tert-OH is 1. The first-order valence-electron chi connectivity index (χ1n) is 6.84. The summed E-state index contributed by atoms with van der Waals surface area (Å²) in [6.07, 6.45) is 0.308. The Morgan fingerprint density at radius 3 is 3.05 bits per heavy atom. The van der Waals surface area contributed by atoms with Gasteiger partial charge in [0.05, 0.1) is 22.4 Å². The van der Waals surface area contributed by atoms with Crippen LogP contribution in [0.15, 0.2) is 17.1 Å². The van der Waals surface area contributed by atoms with Crippen LogP contribution in [0.1, 0.15) is 24.5 Å². The van der Waals surface area contributed by atoms with Crippen LogP contribution in [0, 0.1) is 18.3 Å². The third-order valence-electron chi connectivity index (χ3n) is 4.38. The second kappa shape index (κ2) is 4.90. The highest BCUT2D eigenvalue weighted by molar-refractivity contribution is 6.32. The molecule has 2 aliphatic heterocycles. The van der Waals surface area contributed by atoms with Gasteiger partial charge in [0.25, 0.3) is 6.02 Å². The van der Waals surface area contributed by atoms with Crippen LogP contribution in [0.3, 0.4) is 0 Å². The van der Waals surface area contributed by atoms with Crippen molar-refractivity contribution in [2.45, 2.75) is 31.9 Å². The topological polar surface area (TPSA) is 68.8 Å². The molecule has 0 aromatic heterocycles. The summed E-state index contributed by atoms with van der Waals surface area (Å²) in [4.78, 5) is 6.53. The summed E-state index contributed by atoms with van der Waals surface area (Å²) in [6, 6.07) is 5.98. The summed E-state index contributed by atoms with van der Waals surface area (Å²) in [6.45, 7) is 4.96. The molecule has 2 atom stereocenters. The molecule has 0 spiro atoms. The van der Waals surface area contributed by atoms with Gasteiger partial charge in [-0.1, -0.05) is 11.6 Å². The Balaban J connectivity index is 1.98. The Hall–Kier alpha value is -1.77. The van der Waals surface area contributed by atoms with E-state index in [1.54, 1.807) is 12.1 Å². The van der Waals surface area contributed by atoms with Crippen LogP contribution >= 0.6 is 11.6 Å². The molecular weight excluding hydrogens is 290 g/mol. The fraction of sp³-hybridized carbons (Fsp3) is 0.467. The molecule has 21 heavy (non-hydrogen) atoms. The summed E-state index contributed by atoms with van der Waals surface area (Å²) in [7, 11) is 0. The summed E-state index contributed by atoms with van der Waals surface area (Å²) < 4.78 is 5.66. The van der Waals surface area contributed by atoms with Crippen molar-refractivity contribution in [2.75, 3.05) is 13.2 Å². The third-order valence-corrected chi connectivity index (χ3v) is 4.87. The molecular formula is C15H16ClN3O2. The van der Waals surface area contributed by atoms with Gasteiger partial charge in [0.15, 0.2) is 0 Å². The van der Waals surface area contributed by atoms with E-state index >= 15 is 0 Å². The van der Waals surface area contributed by atoms with Crippen LogP contribution in [0.4, 0.5) is 5.69 Å². The van der Waals surface area contributed by atoms with Crippen LogP contribution in [-0.4, -0.2) is 40.8 Å². The molecule has 5 nitrogen and oxygen atoms in total. The van der Waals surface area contributed by atoms with Crippen molar-refractivity contribution in [3.63, 3.8) is 0 Å². The first-order chi connectivity index (χ1) is 9.97. The number of aliphatic hydroxyl groups is 1. The van der Waals surface area contributed by atoms with Gasteiger partial charge in [-0.2, -0.15) is 10.3 Å². The van der Waals surface area contributed by atoms with Crippen molar-refractivity contribution in [1.82, 2.24) is 4.90 Å². The second-order valence-electron chi connectivity index (χ2n) is 5.68. The maximum absolute atomic E-state index is 10.1. The number of hydrogen-bond acceptors (Lipinski definition) is 4. The number of benzene rings is 1. The molecule has 2 aliphatic rings. The number of nitrogens with zero attached hydrogens (tertiary/aromatic N) is 3. The SMILES string of the molecule is Cc1c(/N=C2\OC[C@]3(C)[C@@H](O)CCN23)ccc(C#N)c1Cl. The van der Waals surface area contributed by atoms with Gasteiger partial charge in [0.1, 0.15) is 18.2 Å². The number of rotatable bonds is 1. The van der Waals surface area contributed by atoms with E-state index in [-0.39, 0.29) is 0 Å². The maximum Gasteiger partial charge on any atom is 0.293 e. The second-order valence-corrected chi connectivity index (χ2v) is 6.06. The van der Waals surface area contributed by atoms with Crippen molar-refractivity contribution in [3.05, 3.63) is 28.3 Å². The van der Waals surface area contributed by atoms with Crippen LogP contribution in [0.25, 0.3) is 0 Å². The summed E-state index contributed by atoms with van der Waals surface area (Å²) in [5.74, 6) is 0. The van der Waals surface area contributed by atoms with Crippen molar-refractivity contribution < 1.29 is 9.84 Å². The lowest BCUT2D eigenvalue weighted by atomic mass is 9.98. The lowest BCUT2D eigenvalue weighted by molar-refractivity contribution is 0.0714. The molecule has 2 saturated heterocycles. The molecule has 0 aliphatic carbocycles. The predicted molar refractivity (Wildman–Crippen MR) is 79.7 cm³/mol. The summed E-state index contributed by atoms with van der Waals surface area (Å²) in [5, 5.41) is 19.5. The highest BCUT2D eigenvalue weighted by atomic mass is 35.5. The zero-order chi connectivity index (χ0) is 15.2. The number of halogens is 1. The van der Waals surface area contributed by atoms with Crippen molar-refractivity contribution >= 4 is 23.3 Å². The molecule has 2 fully saturated rings. The maximum atomic E-state index is 10.1. The zero-order valence-corrected chi connectivity index (χ0v) is 12.7. The number of amidine groups is 1. The highest BCUT2D eigenvalue weighted by Gasteiger charge is 2.51. The Labute approximate surface area is 128 Å². The van der Waals surface area contributed by atoms with Gasteiger partial charge in [-0.15, -0.1) is 0 Å². The zero-order valence-electron chi connectivity index (χ0n) is 11.9. The van der Waals surface area contributed by atoms with Gasteiger partial charge in [0, 0.05) is 6.54 Å². The first-order valence-corrected chi connectivity index (χ1v) is 7.21. The number of aliphatic imine (C=N–C) groups is 1. The van der Waals surface area contributed by atoms with Crippen molar-refractivity contribution in [2.24, 2.45) is 4.99 Å². The lowest BCUT2D eigenvalue weighted by Gasteiger charge is -2.27. The normalized spacial score (nSPS) is 29.4. The van der Waals surface area contributed by atoms with Crippen LogP contribution in [0.2, 0.25) is 5.02 Å². The van der Waals surface area contributed by atoms with Gasteiger partial charge >= 0.3 is 0 Å². The van der Waals surface area contributed by atoms with Gasteiger partial charge < -0.3 is 14.7 Å². The minimum Gasteiger partial charge on any atom is -0.462 e. The molecule has 0 saturated carbocycles. The third kappa shape index (κ3) is 2.06. The standard InChI is InChI=1S/C15H16ClN3O2/c1-9-11(4-3-10(7-17)13(9)16)18-14-19-6-5-12(20)15(19,2)8-21-14/h3-4,12,20H,5-6,8H2,1-2H3/b18-14-/t12-,15+/m0/s1. The number of fused-ring (bicyclic) bond motifs is 1. The molecule has 6 heteroatoms. The number of nitriles is 1. The van der Waals surface area contributed by atoms with Crippen molar-refractivity contribution in [1.29, 1.82) is 5.26 Å². The smallest absolute Gasteiger partial charge is 0.293 e. The van der Waals surface area contributed by atoms with E-state index < -0.39 is 11.6 Å². The molecule has 0 bridgehead atoms. The molecule has 0 radical (unpaired) electrons. The quantitative estimate of drug-likeness (QED) is 0.865. The van der Waals surface area contributed by atoms with E-state index in [0.717, 1.165) is 12.1 Å². The minimum absolute atomic E-state index is 0.400. The molecule has 2 heterocycles. The van der Waals surface area contributed by atoms with Gasteiger partial charge in [0.2, 0.25) is 0 Å². The van der Waals surface area contributed by atoms with Crippen LogP contribution in [-0.2, 0) is 4.74 Å². The number of ether oxygens (including phenoxy) is 1. The molecule has 110 valence electrons. The molecule has 1 aromatic rings. The number of hydrogen-bond donors (Lipinski definition) is 1. The average Bonchev–Trinajstić information content (AvgIpc) is 2.94. The lowest BCUT2D eigenvalue weighted by Crippen LogP contribution is -2.46. The van der Waals surface area contributed by atoms with Gasteiger partial charge in [-0.05, 0) is 38.0 Å². The molecule has 1 aromatic carbocycles. The Morgan fingerprint density at radius 2 is 2.33 bits per heavy atom. The summed E-state index contributed by atoms with van der Waals surface area (Å²) in [5.41, 5.74) is 1.47. The Bertz CT molecular complexity index is 668. The molecule has 0 unspecified atom stereocenters. The van der Waals surface area contributed by atoms with E-state index in [1.807, 2.05) is 18.7 Å². The van der Waals surface area contributed by atoms with E-state index in [4.69, 9.17) is 21.6 Å². The fourth-order valence-electron chi connectivity index (χ4n) is 2.85. The Morgan fingerprint density at radius 1 is 1.57 bits per heavy atom. The molecule has 0 amide bonds. The predicted octanol–water partition coefficient (Wildman–Crippen LogP) is 2.36. The van der Waals surface area contributed by atoms with Gasteiger partial charge in [-0.25, -0.2) is 0 Å². The molecule has 1 N–H and O–H groups in total. The monoisotopic (exact) mass is 305 g/mol. The van der Waals surface area contributed by atoms with Crippen LogP contribution < -0.4 is 0 Å². The van der Waals surface area contributed by atoms with E-state index in [9.17, 15) is 5.11 Å². The first kappa shape index (κ1) is 14.2. The van der Waals surface area contributed by atoms with E-state index in [0.29, 0.717) is 35.3 Å². The van der Waals surface area contributed by atoms with E-state index in [2.05, 4.69) is 11.1 Å². The Kier molecular flexibility index (Phi) is 3.31. The largest absolute Gasteiger partial charge is 0.462 e. The molecule has 3 rings (SSSR count). The summed E-state index contributed by atoms with van der Waals surface area (Å²) >= 11 is 6.16. The fourth-order valence-corrected chi connectivity index (χ4v) is 3.05. The van der Waals surface area contributed by atoms with Crippen LogP contribution in [0.5, 0.6) is 0 Å². The minimum atomic E-state index is -0.407.